The van der Waals surface area contributed by atoms with Gasteiger partial charge in [0.25, 0.3) is 5.56 Å². The van der Waals surface area contributed by atoms with Crippen molar-refractivity contribution < 1.29 is 18.7 Å². The molecule has 0 saturated carbocycles. The number of furan rings is 1. The molecule has 4 N–H and O–H groups in total. The van der Waals surface area contributed by atoms with Gasteiger partial charge >= 0.3 is 5.69 Å². The predicted molar refractivity (Wildman–Crippen MR) is 107 cm³/mol. The molecule has 11 heteroatoms. The lowest BCUT2D eigenvalue weighted by Gasteiger charge is -2.23. The number of nitrogens with two attached hydrogens (primary N) is 1. The predicted octanol–water partition coefficient (Wildman–Crippen LogP) is -0.678. The Hall–Kier alpha value is -3.18. The fraction of sp³-hybridized carbons (Fsp3) is 0.474. The van der Waals surface area contributed by atoms with Crippen LogP contribution in [0.25, 0.3) is 0 Å². The number of amides is 1. The molecular formula is C19H25N5O6. The Morgan fingerprint density at radius 3 is 2.90 bits per heavy atom. The topological polar surface area (TPSA) is 153 Å². The average molecular weight is 419 g/mol. The lowest BCUT2D eigenvalue weighted by molar-refractivity contribution is -0.125. The van der Waals surface area contributed by atoms with Crippen LogP contribution in [0.1, 0.15) is 29.0 Å². The fourth-order valence-corrected chi connectivity index (χ4v) is 3.54. The van der Waals surface area contributed by atoms with Crippen LogP contribution in [0.2, 0.25) is 0 Å². The minimum atomic E-state index is -0.839. The Labute approximate surface area is 171 Å². The Bertz CT molecular complexity index is 1010. The third kappa shape index (κ3) is 4.69. The van der Waals surface area contributed by atoms with Crippen LogP contribution in [0, 0.1) is 0 Å². The van der Waals surface area contributed by atoms with Crippen LogP contribution in [0.4, 0.5) is 5.82 Å². The number of rotatable bonds is 9. The molecule has 162 valence electrons. The van der Waals surface area contributed by atoms with Crippen LogP contribution in [-0.4, -0.2) is 59.0 Å². The number of hydrogen-bond acceptors (Lipinski definition) is 8. The standard InChI is InChI=1S/C19H25N5O6/c1-29-9-7-24-16(20)15(18(27)22-19(24)28)14(25)11-23-6-2-5-13(23)17(26)21-10-12-4-3-8-30-12/h3-4,8,13H,2,5-7,9-11,20H2,1H3,(H,21,26)(H,22,27,28)/t13-/m1/s1. The van der Waals surface area contributed by atoms with Gasteiger partial charge in [0, 0.05) is 7.11 Å². The van der Waals surface area contributed by atoms with Crippen molar-refractivity contribution in [2.24, 2.45) is 0 Å². The van der Waals surface area contributed by atoms with E-state index in [0.29, 0.717) is 18.7 Å². The zero-order valence-corrected chi connectivity index (χ0v) is 16.7. The molecule has 3 rings (SSSR count). The third-order valence-corrected chi connectivity index (χ3v) is 5.07. The Morgan fingerprint density at radius 2 is 2.20 bits per heavy atom. The van der Waals surface area contributed by atoms with Crippen LogP contribution in [0.3, 0.4) is 0 Å². The molecule has 1 aliphatic rings. The number of anilines is 1. The van der Waals surface area contributed by atoms with E-state index in [4.69, 9.17) is 14.9 Å². The number of aromatic nitrogens is 2. The molecular weight excluding hydrogens is 394 g/mol. The number of nitrogen functional groups attached to an aromatic ring is 1. The van der Waals surface area contributed by atoms with E-state index in [1.54, 1.807) is 17.0 Å². The zero-order valence-electron chi connectivity index (χ0n) is 16.7. The Kier molecular flexibility index (Phi) is 6.85. The molecule has 1 saturated heterocycles. The van der Waals surface area contributed by atoms with Crippen LogP contribution < -0.4 is 22.3 Å². The van der Waals surface area contributed by atoms with E-state index in [0.717, 1.165) is 11.0 Å². The Balaban J connectivity index is 1.72. The van der Waals surface area contributed by atoms with Gasteiger partial charge in [0.1, 0.15) is 17.1 Å². The highest BCUT2D eigenvalue weighted by molar-refractivity contribution is 6.01. The van der Waals surface area contributed by atoms with Crippen molar-refractivity contribution in [3.63, 3.8) is 0 Å². The first-order chi connectivity index (χ1) is 14.4. The van der Waals surface area contributed by atoms with Crippen molar-refractivity contribution >= 4 is 17.5 Å². The smallest absolute Gasteiger partial charge is 0.330 e. The van der Waals surface area contributed by atoms with Crippen LogP contribution in [0.15, 0.2) is 32.4 Å². The van der Waals surface area contributed by atoms with Crippen LogP contribution >= 0.6 is 0 Å². The van der Waals surface area contributed by atoms with E-state index in [1.807, 2.05) is 0 Å². The quantitative estimate of drug-likeness (QED) is 0.452. The van der Waals surface area contributed by atoms with Crippen LogP contribution in [-0.2, 0) is 22.6 Å². The van der Waals surface area contributed by atoms with Gasteiger partial charge in [-0.15, -0.1) is 0 Å². The van der Waals surface area contributed by atoms with Crippen molar-refractivity contribution in [3.8, 4) is 0 Å². The molecule has 0 spiro atoms. The lowest BCUT2D eigenvalue weighted by atomic mass is 10.1. The summed E-state index contributed by atoms with van der Waals surface area (Å²) < 4.78 is 11.2. The molecule has 1 aliphatic heterocycles. The molecule has 30 heavy (non-hydrogen) atoms. The number of carbonyl (C=O) groups is 2. The minimum Gasteiger partial charge on any atom is -0.467 e. The van der Waals surface area contributed by atoms with Gasteiger partial charge in [-0.3, -0.25) is 28.8 Å². The SMILES string of the molecule is COCCn1c(N)c(C(=O)CN2CCC[C@@H]2C(=O)NCc2ccco2)c(=O)[nH]c1=O. The molecule has 11 nitrogen and oxygen atoms in total. The molecule has 0 aliphatic carbocycles. The number of nitrogens with one attached hydrogen (secondary N) is 2. The highest BCUT2D eigenvalue weighted by Gasteiger charge is 2.33. The molecule has 0 unspecified atom stereocenters. The molecule has 0 aromatic carbocycles. The second kappa shape index (κ2) is 9.55. The normalized spacial score (nSPS) is 16.6. The minimum absolute atomic E-state index is 0.0970. The lowest BCUT2D eigenvalue weighted by Crippen LogP contribution is -2.46. The first kappa shape index (κ1) is 21.5. The summed E-state index contributed by atoms with van der Waals surface area (Å²) in [5, 5.41) is 2.79. The van der Waals surface area contributed by atoms with E-state index in [1.165, 1.54) is 13.4 Å². The van der Waals surface area contributed by atoms with Crippen LogP contribution in [0.5, 0.6) is 0 Å². The molecule has 3 heterocycles. The second-order valence-electron chi connectivity index (χ2n) is 7.01. The highest BCUT2D eigenvalue weighted by Crippen LogP contribution is 2.18. The van der Waals surface area contributed by atoms with Gasteiger partial charge in [-0.25, -0.2) is 4.79 Å². The summed E-state index contributed by atoms with van der Waals surface area (Å²) in [4.78, 5) is 53.5. The number of carbonyl (C=O) groups excluding carboxylic acids is 2. The summed E-state index contributed by atoms with van der Waals surface area (Å²) in [7, 11) is 1.46. The molecule has 1 atom stereocenters. The van der Waals surface area contributed by atoms with Crippen molar-refractivity contribution in [1.29, 1.82) is 0 Å². The number of H-pyrrole nitrogens is 1. The van der Waals surface area contributed by atoms with E-state index in [-0.39, 0.29) is 43.5 Å². The van der Waals surface area contributed by atoms with E-state index < -0.39 is 23.1 Å². The maximum Gasteiger partial charge on any atom is 0.330 e. The number of likely N-dealkylation sites (tertiary alicyclic amines) is 1. The maximum absolute atomic E-state index is 12.9. The first-order valence-corrected chi connectivity index (χ1v) is 9.61. The van der Waals surface area contributed by atoms with Gasteiger partial charge in [-0.05, 0) is 31.5 Å². The first-order valence-electron chi connectivity index (χ1n) is 9.61. The van der Waals surface area contributed by atoms with E-state index >= 15 is 0 Å². The average Bonchev–Trinajstić information content (AvgIpc) is 3.37. The number of aromatic amines is 1. The summed E-state index contributed by atoms with van der Waals surface area (Å²) in [5.74, 6) is -0.347. The monoisotopic (exact) mass is 419 g/mol. The summed E-state index contributed by atoms with van der Waals surface area (Å²) in [6, 6.07) is 2.99. The number of hydrogen-bond donors (Lipinski definition) is 3. The summed E-state index contributed by atoms with van der Waals surface area (Å²) in [6.07, 6.45) is 2.86. The number of ether oxygens (including phenoxy) is 1. The fourth-order valence-electron chi connectivity index (χ4n) is 3.54. The number of nitrogens with zero attached hydrogens (tertiary/aromatic N) is 2. The zero-order chi connectivity index (χ0) is 21.7. The molecule has 2 aromatic rings. The molecule has 1 amide bonds. The number of Topliss-reactive ketones (excluding diaryl/α,β-unsaturated/α-hetero) is 1. The second-order valence-corrected chi connectivity index (χ2v) is 7.01. The maximum atomic E-state index is 12.9. The third-order valence-electron chi connectivity index (χ3n) is 5.07. The van der Waals surface area contributed by atoms with Gasteiger partial charge in [0.05, 0.1) is 38.5 Å². The molecule has 1 fully saturated rings. The summed E-state index contributed by atoms with van der Waals surface area (Å²) in [5.41, 5.74) is 4.13. The summed E-state index contributed by atoms with van der Waals surface area (Å²) in [6.45, 7) is 0.912. The largest absolute Gasteiger partial charge is 0.467 e. The van der Waals surface area contributed by atoms with Crippen molar-refractivity contribution in [2.75, 3.05) is 32.5 Å². The van der Waals surface area contributed by atoms with Crippen molar-refractivity contribution in [1.82, 2.24) is 19.8 Å². The molecule has 0 bridgehead atoms. The van der Waals surface area contributed by atoms with Gasteiger partial charge in [0.2, 0.25) is 5.91 Å². The molecule has 0 radical (unpaired) electrons. The van der Waals surface area contributed by atoms with Gasteiger partial charge < -0.3 is 20.2 Å². The van der Waals surface area contributed by atoms with Gasteiger partial charge in [-0.2, -0.15) is 0 Å². The van der Waals surface area contributed by atoms with Crippen molar-refractivity contribution in [3.05, 3.63) is 50.6 Å². The van der Waals surface area contributed by atoms with E-state index in [9.17, 15) is 19.2 Å². The number of methoxy groups -OCH3 is 1. The van der Waals surface area contributed by atoms with Gasteiger partial charge in [-0.1, -0.05) is 0 Å². The van der Waals surface area contributed by atoms with E-state index in [2.05, 4.69) is 10.3 Å². The van der Waals surface area contributed by atoms with Crippen molar-refractivity contribution in [2.45, 2.75) is 32.0 Å². The molecule has 2 aromatic heterocycles. The number of ketones is 1. The van der Waals surface area contributed by atoms with Gasteiger partial charge in [0.15, 0.2) is 5.78 Å². The summed E-state index contributed by atoms with van der Waals surface area (Å²) >= 11 is 0. The Morgan fingerprint density at radius 1 is 1.40 bits per heavy atom. The highest BCUT2D eigenvalue weighted by atomic mass is 16.5.